The molecule has 0 unspecified atom stereocenters. The molecule has 0 spiro atoms. The molecule has 1 aromatic rings. The molecule has 1 N–H and O–H groups in total. The second-order valence-corrected chi connectivity index (χ2v) is 3.69. The highest BCUT2D eigenvalue weighted by Crippen LogP contribution is 1.98. The van der Waals surface area contributed by atoms with Crippen molar-refractivity contribution in [3.63, 3.8) is 0 Å². The van der Waals surface area contributed by atoms with Gasteiger partial charge in [-0.25, -0.2) is 0 Å². The van der Waals surface area contributed by atoms with Gasteiger partial charge in [-0.15, -0.1) is 11.6 Å². The third kappa shape index (κ3) is 5.73. The molecular formula is C12H16ClNO2. The molecule has 0 saturated carbocycles. The maximum atomic E-state index is 11.5. The van der Waals surface area contributed by atoms with Crippen molar-refractivity contribution in [3.05, 3.63) is 35.9 Å². The molecule has 0 saturated heterocycles. The summed E-state index contributed by atoms with van der Waals surface area (Å²) in [6, 6.07) is 9.65. The first-order valence-corrected chi connectivity index (χ1v) is 5.80. The van der Waals surface area contributed by atoms with E-state index in [1.54, 1.807) is 0 Å². The normalized spacial score (nSPS) is 10.1. The van der Waals surface area contributed by atoms with Gasteiger partial charge in [0.25, 0.3) is 0 Å². The van der Waals surface area contributed by atoms with Crippen LogP contribution in [0.4, 0.5) is 0 Å². The third-order valence-electron chi connectivity index (χ3n) is 2.00. The maximum absolute atomic E-state index is 11.5. The standard InChI is InChI=1S/C12H16ClNO2/c13-6-8-16-9-7-14-12(15)10-11-4-2-1-3-5-11/h1-5H,6-10H2,(H,14,15). The number of benzene rings is 1. The number of alkyl halides is 1. The van der Waals surface area contributed by atoms with Crippen molar-refractivity contribution in [3.8, 4) is 0 Å². The lowest BCUT2D eigenvalue weighted by Gasteiger charge is -2.05. The number of rotatable bonds is 7. The van der Waals surface area contributed by atoms with Crippen molar-refractivity contribution in [2.24, 2.45) is 0 Å². The third-order valence-corrected chi connectivity index (χ3v) is 2.15. The van der Waals surface area contributed by atoms with Crippen LogP contribution in [-0.4, -0.2) is 31.5 Å². The molecule has 88 valence electrons. The molecule has 1 aromatic carbocycles. The summed E-state index contributed by atoms with van der Waals surface area (Å²) in [6.07, 6.45) is 0.413. The van der Waals surface area contributed by atoms with Crippen LogP contribution in [0.5, 0.6) is 0 Å². The fraction of sp³-hybridized carbons (Fsp3) is 0.417. The largest absolute Gasteiger partial charge is 0.378 e. The summed E-state index contributed by atoms with van der Waals surface area (Å²) in [5.41, 5.74) is 1.02. The molecule has 0 aliphatic rings. The molecular weight excluding hydrogens is 226 g/mol. The Labute approximate surface area is 101 Å². The molecule has 0 heterocycles. The van der Waals surface area contributed by atoms with Crippen LogP contribution in [0, 0.1) is 0 Å². The second-order valence-electron chi connectivity index (χ2n) is 3.31. The Morgan fingerprint density at radius 1 is 1.25 bits per heavy atom. The second kappa shape index (κ2) is 8.13. The zero-order valence-corrected chi connectivity index (χ0v) is 9.87. The van der Waals surface area contributed by atoms with Crippen LogP contribution in [0.3, 0.4) is 0 Å². The number of hydrogen-bond acceptors (Lipinski definition) is 2. The zero-order chi connectivity index (χ0) is 11.6. The summed E-state index contributed by atoms with van der Waals surface area (Å²) in [4.78, 5) is 11.5. The van der Waals surface area contributed by atoms with E-state index in [9.17, 15) is 4.79 Å². The van der Waals surface area contributed by atoms with Gasteiger partial charge in [-0.3, -0.25) is 4.79 Å². The maximum Gasteiger partial charge on any atom is 0.224 e. The van der Waals surface area contributed by atoms with Crippen molar-refractivity contribution in [1.29, 1.82) is 0 Å². The monoisotopic (exact) mass is 241 g/mol. The SMILES string of the molecule is O=C(Cc1ccccc1)NCCOCCCl. The molecule has 0 bridgehead atoms. The first kappa shape index (κ1) is 13.0. The minimum Gasteiger partial charge on any atom is -0.378 e. The first-order valence-electron chi connectivity index (χ1n) is 5.27. The van der Waals surface area contributed by atoms with Crippen molar-refractivity contribution < 1.29 is 9.53 Å². The Morgan fingerprint density at radius 2 is 2.00 bits per heavy atom. The smallest absolute Gasteiger partial charge is 0.224 e. The molecule has 1 rings (SSSR count). The van der Waals surface area contributed by atoms with Gasteiger partial charge in [0.15, 0.2) is 0 Å². The molecule has 16 heavy (non-hydrogen) atoms. The van der Waals surface area contributed by atoms with Crippen LogP contribution >= 0.6 is 11.6 Å². The summed E-state index contributed by atoms with van der Waals surface area (Å²) in [5, 5.41) is 2.78. The van der Waals surface area contributed by atoms with E-state index in [0.717, 1.165) is 5.56 Å². The van der Waals surface area contributed by atoms with E-state index in [4.69, 9.17) is 16.3 Å². The number of hydrogen-bond donors (Lipinski definition) is 1. The molecule has 0 aromatic heterocycles. The van der Waals surface area contributed by atoms with Gasteiger partial charge in [0.2, 0.25) is 5.91 Å². The number of carbonyl (C=O) groups is 1. The molecule has 0 radical (unpaired) electrons. The molecule has 0 fully saturated rings. The van der Waals surface area contributed by atoms with Crippen molar-refractivity contribution in [2.45, 2.75) is 6.42 Å². The van der Waals surface area contributed by atoms with Crippen molar-refractivity contribution in [1.82, 2.24) is 5.32 Å². The van der Waals surface area contributed by atoms with E-state index in [-0.39, 0.29) is 5.91 Å². The Bertz CT molecular complexity index is 303. The number of carbonyl (C=O) groups excluding carboxylic acids is 1. The summed E-state index contributed by atoms with van der Waals surface area (Å²) in [7, 11) is 0. The van der Waals surface area contributed by atoms with Crippen LogP contribution in [0.15, 0.2) is 30.3 Å². The molecule has 4 heteroatoms. The minimum atomic E-state index is 0.0145. The molecule has 0 aliphatic carbocycles. The topological polar surface area (TPSA) is 38.3 Å². The van der Waals surface area contributed by atoms with Gasteiger partial charge in [0.1, 0.15) is 0 Å². The van der Waals surface area contributed by atoms with Gasteiger partial charge in [0, 0.05) is 12.4 Å². The van der Waals surface area contributed by atoms with Gasteiger partial charge < -0.3 is 10.1 Å². The van der Waals surface area contributed by atoms with Crippen LogP contribution in [0.25, 0.3) is 0 Å². The van der Waals surface area contributed by atoms with Gasteiger partial charge in [0.05, 0.1) is 19.6 Å². The Balaban J connectivity index is 2.12. The lowest BCUT2D eigenvalue weighted by molar-refractivity contribution is -0.120. The fourth-order valence-electron chi connectivity index (χ4n) is 1.26. The van der Waals surface area contributed by atoms with E-state index in [0.29, 0.717) is 32.1 Å². The summed E-state index contributed by atoms with van der Waals surface area (Å²) < 4.78 is 5.14. The lowest BCUT2D eigenvalue weighted by Crippen LogP contribution is -2.28. The van der Waals surface area contributed by atoms with E-state index < -0.39 is 0 Å². The highest BCUT2D eigenvalue weighted by atomic mass is 35.5. The predicted octanol–water partition coefficient (Wildman–Crippen LogP) is 1.60. The Hall–Kier alpha value is -1.06. The van der Waals surface area contributed by atoms with Crippen LogP contribution in [0.1, 0.15) is 5.56 Å². The molecule has 0 aliphatic heterocycles. The minimum absolute atomic E-state index is 0.0145. The van der Waals surface area contributed by atoms with Crippen LogP contribution in [-0.2, 0) is 16.0 Å². The van der Waals surface area contributed by atoms with Gasteiger partial charge in [-0.2, -0.15) is 0 Å². The van der Waals surface area contributed by atoms with Crippen molar-refractivity contribution in [2.75, 3.05) is 25.6 Å². The summed E-state index contributed by atoms with van der Waals surface area (Å²) >= 11 is 5.44. The number of amides is 1. The van der Waals surface area contributed by atoms with E-state index in [1.165, 1.54) is 0 Å². The van der Waals surface area contributed by atoms with Gasteiger partial charge >= 0.3 is 0 Å². The summed E-state index contributed by atoms with van der Waals surface area (Å²) in [5.74, 6) is 0.499. The van der Waals surface area contributed by atoms with E-state index in [1.807, 2.05) is 30.3 Å². The zero-order valence-electron chi connectivity index (χ0n) is 9.12. The van der Waals surface area contributed by atoms with Crippen LogP contribution in [0.2, 0.25) is 0 Å². The van der Waals surface area contributed by atoms with Gasteiger partial charge in [-0.05, 0) is 5.56 Å². The van der Waals surface area contributed by atoms with Crippen molar-refractivity contribution >= 4 is 17.5 Å². The van der Waals surface area contributed by atoms with Crippen LogP contribution < -0.4 is 5.32 Å². The summed E-state index contributed by atoms with van der Waals surface area (Å²) in [6.45, 7) is 1.56. The van der Waals surface area contributed by atoms with E-state index in [2.05, 4.69) is 5.32 Å². The number of ether oxygens (including phenoxy) is 1. The first-order chi connectivity index (χ1) is 7.83. The molecule has 1 amide bonds. The highest BCUT2D eigenvalue weighted by molar-refractivity contribution is 6.17. The number of nitrogens with one attached hydrogen (secondary N) is 1. The fourth-order valence-corrected chi connectivity index (χ4v) is 1.37. The quantitative estimate of drug-likeness (QED) is 0.582. The highest BCUT2D eigenvalue weighted by Gasteiger charge is 2.01. The van der Waals surface area contributed by atoms with E-state index >= 15 is 0 Å². The predicted molar refractivity (Wildman–Crippen MR) is 64.7 cm³/mol. The van der Waals surface area contributed by atoms with Gasteiger partial charge in [-0.1, -0.05) is 30.3 Å². The Kier molecular flexibility index (Phi) is 6.61. The Morgan fingerprint density at radius 3 is 2.69 bits per heavy atom. The lowest BCUT2D eigenvalue weighted by atomic mass is 10.1. The molecule has 0 atom stereocenters. The average molecular weight is 242 g/mol. The molecule has 3 nitrogen and oxygen atoms in total. The average Bonchev–Trinajstić information content (AvgIpc) is 2.30. The number of halogens is 1.